The zero-order valence-electron chi connectivity index (χ0n) is 15.8. The first-order chi connectivity index (χ1) is 11.9. The van der Waals surface area contributed by atoms with Gasteiger partial charge in [0.05, 0.1) is 6.54 Å². The zero-order valence-corrected chi connectivity index (χ0v) is 19.7. The Morgan fingerprint density at radius 3 is 2.62 bits per heavy atom. The maximum Gasteiger partial charge on any atom is 0.221 e. The van der Waals surface area contributed by atoms with Gasteiger partial charge in [-0.1, -0.05) is 28.1 Å². The minimum absolute atomic E-state index is 0. The van der Waals surface area contributed by atoms with Crippen molar-refractivity contribution >= 4 is 51.8 Å². The van der Waals surface area contributed by atoms with E-state index in [9.17, 15) is 4.79 Å². The molecule has 1 amide bonds. The molecular formula is C19H30BrIN4O. The molecule has 0 radical (unpaired) electrons. The summed E-state index contributed by atoms with van der Waals surface area (Å²) in [5, 5.41) is 9.41. The second-order valence-corrected chi connectivity index (χ2v) is 7.80. The van der Waals surface area contributed by atoms with Crippen LogP contribution in [0.5, 0.6) is 0 Å². The van der Waals surface area contributed by atoms with Gasteiger partial charge in [-0.2, -0.15) is 0 Å². The molecule has 0 atom stereocenters. The van der Waals surface area contributed by atoms with Crippen LogP contribution in [0, 0.1) is 0 Å². The van der Waals surface area contributed by atoms with Gasteiger partial charge in [0.1, 0.15) is 0 Å². The van der Waals surface area contributed by atoms with E-state index < -0.39 is 0 Å². The van der Waals surface area contributed by atoms with Gasteiger partial charge in [-0.25, -0.2) is 0 Å². The van der Waals surface area contributed by atoms with Crippen LogP contribution >= 0.6 is 39.9 Å². The Morgan fingerprint density at radius 1 is 1.31 bits per heavy atom. The Bertz CT molecular complexity index is 617. The summed E-state index contributed by atoms with van der Waals surface area (Å²) < 4.78 is 1.11. The fraction of sp³-hybridized carbons (Fsp3) is 0.579. The normalized spacial score (nSPS) is 15.2. The Morgan fingerprint density at radius 2 is 2.04 bits per heavy atom. The number of nitrogens with one attached hydrogen (secondary N) is 3. The van der Waals surface area contributed by atoms with E-state index in [0.29, 0.717) is 13.0 Å². The monoisotopic (exact) mass is 536 g/mol. The molecule has 7 heteroatoms. The van der Waals surface area contributed by atoms with Gasteiger partial charge < -0.3 is 16.0 Å². The minimum Gasteiger partial charge on any atom is -0.357 e. The molecular weight excluding hydrogens is 507 g/mol. The molecule has 0 bridgehead atoms. The second kappa shape index (κ2) is 11.1. The first kappa shape index (κ1) is 23.2. The molecule has 0 saturated heterocycles. The fourth-order valence-electron chi connectivity index (χ4n) is 2.77. The number of carbonyl (C=O) groups excluding carboxylic acids is 1. The quantitative estimate of drug-likeness (QED) is 0.270. The second-order valence-electron chi connectivity index (χ2n) is 6.88. The number of hydrogen-bond donors (Lipinski definition) is 3. The van der Waals surface area contributed by atoms with Gasteiger partial charge in [-0.15, -0.1) is 24.0 Å². The van der Waals surface area contributed by atoms with Crippen molar-refractivity contribution < 1.29 is 4.79 Å². The van der Waals surface area contributed by atoms with Crippen LogP contribution in [0.4, 0.5) is 0 Å². The molecule has 0 spiro atoms. The number of rotatable bonds is 8. The first-order valence-corrected chi connectivity index (χ1v) is 9.82. The molecule has 1 aromatic rings. The van der Waals surface area contributed by atoms with Crippen molar-refractivity contribution in [3.05, 3.63) is 34.3 Å². The maximum atomic E-state index is 11.7. The Kier molecular flexibility index (Phi) is 9.92. The number of aliphatic imine (C=N–C) groups is 1. The third-order valence-corrected chi connectivity index (χ3v) is 4.76. The lowest BCUT2D eigenvalue weighted by molar-refractivity contribution is -0.121. The summed E-state index contributed by atoms with van der Waals surface area (Å²) in [5.74, 6) is 0.840. The van der Waals surface area contributed by atoms with Gasteiger partial charge in [0.25, 0.3) is 0 Å². The number of hydrogen-bond acceptors (Lipinski definition) is 2. The van der Waals surface area contributed by atoms with E-state index in [0.717, 1.165) is 23.5 Å². The molecule has 2 rings (SSSR count). The molecule has 0 unspecified atom stereocenters. The summed E-state index contributed by atoms with van der Waals surface area (Å²) in [6.07, 6.45) is 2.78. The van der Waals surface area contributed by atoms with Crippen LogP contribution < -0.4 is 16.0 Å². The molecule has 1 saturated carbocycles. The smallest absolute Gasteiger partial charge is 0.221 e. The van der Waals surface area contributed by atoms with E-state index in [4.69, 9.17) is 4.99 Å². The Labute approximate surface area is 182 Å². The highest BCUT2D eigenvalue weighted by molar-refractivity contribution is 14.0. The van der Waals surface area contributed by atoms with E-state index in [-0.39, 0.29) is 41.3 Å². The molecule has 0 aliphatic heterocycles. The molecule has 26 heavy (non-hydrogen) atoms. The number of halogens is 2. The minimum atomic E-state index is 0. The Hall–Kier alpha value is -0.830. The van der Waals surface area contributed by atoms with E-state index in [1.807, 2.05) is 20.8 Å². The van der Waals surface area contributed by atoms with Crippen LogP contribution in [0.1, 0.15) is 45.6 Å². The molecule has 5 nitrogen and oxygen atoms in total. The third kappa shape index (κ3) is 7.42. The van der Waals surface area contributed by atoms with Crippen LogP contribution in [-0.2, 0) is 10.2 Å². The molecule has 1 aliphatic carbocycles. The maximum absolute atomic E-state index is 11.7. The first-order valence-electron chi connectivity index (χ1n) is 9.03. The molecule has 0 aromatic heterocycles. The molecule has 1 aliphatic rings. The van der Waals surface area contributed by atoms with Gasteiger partial charge in [0.15, 0.2) is 5.96 Å². The summed E-state index contributed by atoms with van der Waals surface area (Å²) in [4.78, 5) is 16.5. The number of benzene rings is 1. The average Bonchev–Trinajstić information content (AvgIpc) is 3.33. The van der Waals surface area contributed by atoms with Crippen LogP contribution in [-0.4, -0.2) is 37.5 Å². The van der Waals surface area contributed by atoms with E-state index in [1.165, 1.54) is 18.4 Å². The van der Waals surface area contributed by atoms with Crippen LogP contribution in [0.15, 0.2) is 33.7 Å². The summed E-state index contributed by atoms with van der Waals surface area (Å²) in [5.41, 5.74) is 1.51. The molecule has 0 heterocycles. The summed E-state index contributed by atoms with van der Waals surface area (Å²) in [7, 11) is 0. The number of guanidine groups is 1. The van der Waals surface area contributed by atoms with Gasteiger partial charge in [0, 0.05) is 35.4 Å². The van der Waals surface area contributed by atoms with E-state index >= 15 is 0 Å². The van der Waals surface area contributed by atoms with E-state index in [1.54, 1.807) is 0 Å². The molecule has 3 N–H and O–H groups in total. The zero-order chi connectivity index (χ0) is 18.3. The largest absolute Gasteiger partial charge is 0.357 e. The van der Waals surface area contributed by atoms with E-state index in [2.05, 4.69) is 56.1 Å². The summed E-state index contributed by atoms with van der Waals surface area (Å²) in [6, 6.07) is 8.69. The van der Waals surface area contributed by atoms with Crippen molar-refractivity contribution in [2.45, 2.75) is 51.5 Å². The van der Waals surface area contributed by atoms with Crippen LogP contribution in [0.2, 0.25) is 0 Å². The van der Waals surface area contributed by atoms with Gasteiger partial charge >= 0.3 is 0 Å². The Balaban J connectivity index is 0.00000338. The standard InChI is InChI=1S/C19H29BrN4O.HI/c1-4-21-18(22-11-8-17(25)24-14(2)3)23-13-19(9-10-19)15-6-5-7-16(20)12-15;/h5-7,12,14H,4,8-11,13H2,1-3H3,(H,24,25)(H2,21,22,23);1H. The van der Waals surface area contributed by atoms with Crippen LogP contribution in [0.3, 0.4) is 0 Å². The van der Waals surface area contributed by atoms with Crippen molar-refractivity contribution in [1.82, 2.24) is 16.0 Å². The number of amides is 1. The fourth-order valence-corrected chi connectivity index (χ4v) is 3.17. The van der Waals surface area contributed by atoms with Crippen molar-refractivity contribution in [2.75, 3.05) is 19.6 Å². The predicted molar refractivity (Wildman–Crippen MR) is 122 cm³/mol. The lowest BCUT2D eigenvalue weighted by Crippen LogP contribution is -2.40. The summed E-state index contributed by atoms with van der Waals surface area (Å²) in [6.45, 7) is 8.12. The summed E-state index contributed by atoms with van der Waals surface area (Å²) >= 11 is 3.55. The van der Waals surface area contributed by atoms with Gasteiger partial charge in [0.2, 0.25) is 5.91 Å². The topological polar surface area (TPSA) is 65.5 Å². The van der Waals surface area contributed by atoms with Crippen molar-refractivity contribution in [3.8, 4) is 0 Å². The highest BCUT2D eigenvalue weighted by Crippen LogP contribution is 2.48. The van der Waals surface area contributed by atoms with Crippen molar-refractivity contribution in [3.63, 3.8) is 0 Å². The van der Waals surface area contributed by atoms with Gasteiger partial charge in [-0.05, 0) is 51.3 Å². The van der Waals surface area contributed by atoms with Gasteiger partial charge in [-0.3, -0.25) is 9.79 Å². The van der Waals surface area contributed by atoms with Crippen molar-refractivity contribution in [2.24, 2.45) is 4.99 Å². The third-order valence-electron chi connectivity index (χ3n) is 4.27. The molecule has 146 valence electrons. The van der Waals surface area contributed by atoms with Crippen molar-refractivity contribution in [1.29, 1.82) is 0 Å². The highest BCUT2D eigenvalue weighted by Gasteiger charge is 2.44. The highest BCUT2D eigenvalue weighted by atomic mass is 127. The number of carbonyl (C=O) groups is 1. The SMILES string of the molecule is CCNC(=NCC1(c2cccc(Br)c2)CC1)NCCC(=O)NC(C)C.I. The predicted octanol–water partition coefficient (Wildman–Crippen LogP) is 3.57. The average molecular weight is 537 g/mol. The lowest BCUT2D eigenvalue weighted by atomic mass is 9.96. The molecule has 1 aromatic carbocycles. The van der Waals surface area contributed by atoms with Crippen LogP contribution in [0.25, 0.3) is 0 Å². The lowest BCUT2D eigenvalue weighted by Gasteiger charge is -2.16. The molecule has 1 fully saturated rings. The number of nitrogens with zero attached hydrogens (tertiary/aromatic N) is 1.